The van der Waals surface area contributed by atoms with Gasteiger partial charge in [0.2, 0.25) is 5.91 Å². The molecule has 0 saturated carbocycles. The Kier molecular flexibility index (Phi) is 4.20. The zero-order valence-corrected chi connectivity index (χ0v) is 7.79. The van der Waals surface area contributed by atoms with E-state index in [9.17, 15) is 9.90 Å². The van der Waals surface area contributed by atoms with Crippen molar-refractivity contribution in [2.45, 2.75) is 26.9 Å². The summed E-state index contributed by atoms with van der Waals surface area (Å²) >= 11 is 0. The highest BCUT2D eigenvalue weighted by Gasteiger charge is 2.32. The fraction of sp³-hybridized carbons (Fsp3) is 0.875. The van der Waals surface area contributed by atoms with E-state index in [2.05, 4.69) is 5.32 Å². The highest BCUT2D eigenvalue weighted by molar-refractivity contribution is 5.81. The third-order valence-corrected chi connectivity index (χ3v) is 1.75. The Morgan fingerprint density at radius 1 is 1.58 bits per heavy atom. The quantitative estimate of drug-likeness (QED) is 0.539. The smallest absolute Gasteiger partial charge is 0.249 e. The molecule has 4 nitrogen and oxygen atoms in total. The van der Waals surface area contributed by atoms with Gasteiger partial charge in [0.1, 0.15) is 6.10 Å². The highest BCUT2D eigenvalue weighted by atomic mass is 16.3. The summed E-state index contributed by atoms with van der Waals surface area (Å²) in [5.41, 5.74) is -0.779. The normalized spacial score (nSPS) is 14.1. The van der Waals surface area contributed by atoms with Gasteiger partial charge in [0.15, 0.2) is 0 Å². The van der Waals surface area contributed by atoms with Gasteiger partial charge in [-0.05, 0) is 6.92 Å². The van der Waals surface area contributed by atoms with Gasteiger partial charge in [0.25, 0.3) is 0 Å². The van der Waals surface area contributed by atoms with Gasteiger partial charge in [-0.15, -0.1) is 0 Å². The molecular formula is C8H17NO3. The van der Waals surface area contributed by atoms with Crippen LogP contribution < -0.4 is 5.32 Å². The first-order valence-electron chi connectivity index (χ1n) is 4.02. The van der Waals surface area contributed by atoms with Crippen LogP contribution in [0.25, 0.3) is 0 Å². The van der Waals surface area contributed by atoms with Crippen LogP contribution in [0.1, 0.15) is 20.8 Å². The van der Waals surface area contributed by atoms with Crippen molar-refractivity contribution in [2.75, 3.05) is 13.2 Å². The van der Waals surface area contributed by atoms with E-state index in [0.717, 1.165) is 0 Å². The van der Waals surface area contributed by atoms with E-state index in [1.54, 1.807) is 20.8 Å². The van der Waals surface area contributed by atoms with E-state index in [4.69, 9.17) is 5.11 Å². The summed E-state index contributed by atoms with van der Waals surface area (Å²) in [5.74, 6) is -0.434. The Labute approximate surface area is 72.6 Å². The second-order valence-corrected chi connectivity index (χ2v) is 3.44. The molecule has 0 aromatic rings. The first-order valence-corrected chi connectivity index (χ1v) is 4.02. The summed E-state index contributed by atoms with van der Waals surface area (Å²) in [7, 11) is 0. The van der Waals surface area contributed by atoms with Crippen LogP contribution in [0.3, 0.4) is 0 Å². The molecule has 0 spiro atoms. The lowest BCUT2D eigenvalue weighted by Gasteiger charge is -2.26. The largest absolute Gasteiger partial charge is 0.396 e. The van der Waals surface area contributed by atoms with Crippen LogP contribution in [0.4, 0.5) is 0 Å². The number of amides is 1. The minimum Gasteiger partial charge on any atom is -0.396 e. The zero-order valence-electron chi connectivity index (χ0n) is 7.79. The number of rotatable bonds is 4. The number of hydrogen-bond donors (Lipinski definition) is 3. The van der Waals surface area contributed by atoms with Crippen molar-refractivity contribution in [1.29, 1.82) is 0 Å². The van der Waals surface area contributed by atoms with Crippen LogP contribution in [0.15, 0.2) is 0 Å². The van der Waals surface area contributed by atoms with E-state index in [1.807, 2.05) is 0 Å². The molecule has 3 N–H and O–H groups in total. The van der Waals surface area contributed by atoms with Gasteiger partial charge in [-0.2, -0.15) is 0 Å². The van der Waals surface area contributed by atoms with Gasteiger partial charge in [-0.3, -0.25) is 4.79 Å². The summed E-state index contributed by atoms with van der Waals surface area (Å²) in [6.45, 7) is 5.30. The Balaban J connectivity index is 4.17. The molecule has 1 unspecified atom stereocenters. The summed E-state index contributed by atoms with van der Waals surface area (Å²) in [5, 5.41) is 20.7. The summed E-state index contributed by atoms with van der Waals surface area (Å²) < 4.78 is 0. The van der Waals surface area contributed by atoms with Crippen LogP contribution in [-0.2, 0) is 4.79 Å². The molecule has 0 aromatic carbocycles. The lowest BCUT2D eigenvalue weighted by Crippen LogP contribution is -2.45. The van der Waals surface area contributed by atoms with Crippen molar-refractivity contribution in [3.8, 4) is 0 Å². The molecule has 1 atom stereocenters. The third kappa shape index (κ3) is 2.79. The molecule has 0 bridgehead atoms. The maximum Gasteiger partial charge on any atom is 0.249 e. The van der Waals surface area contributed by atoms with E-state index in [1.165, 1.54) is 0 Å². The minimum atomic E-state index is -1.15. The predicted octanol–water partition coefficient (Wildman–Crippen LogP) is -0.498. The van der Waals surface area contributed by atoms with E-state index in [-0.39, 0.29) is 6.61 Å². The predicted molar refractivity (Wildman–Crippen MR) is 45.6 cm³/mol. The first kappa shape index (κ1) is 11.4. The SMILES string of the molecule is CCNC(=O)C(O)C(C)(C)CO. The fourth-order valence-corrected chi connectivity index (χ4v) is 0.712. The number of carbonyl (C=O) groups is 1. The molecule has 1 amide bonds. The maximum absolute atomic E-state index is 11.1. The minimum absolute atomic E-state index is 0.217. The van der Waals surface area contributed by atoms with Crippen LogP contribution in [0.5, 0.6) is 0 Å². The molecule has 0 radical (unpaired) electrons. The Hall–Kier alpha value is -0.610. The number of carbonyl (C=O) groups excluding carboxylic acids is 1. The summed E-state index contributed by atoms with van der Waals surface area (Å²) in [6.07, 6.45) is -1.15. The third-order valence-electron chi connectivity index (χ3n) is 1.75. The summed E-state index contributed by atoms with van der Waals surface area (Å²) in [4.78, 5) is 11.1. The molecule has 0 aliphatic rings. The van der Waals surface area contributed by atoms with Gasteiger partial charge < -0.3 is 15.5 Å². The number of aliphatic hydroxyl groups excluding tert-OH is 2. The van der Waals surface area contributed by atoms with Crippen LogP contribution in [0, 0.1) is 5.41 Å². The van der Waals surface area contributed by atoms with Crippen molar-refractivity contribution >= 4 is 5.91 Å². The average molecular weight is 175 g/mol. The second-order valence-electron chi connectivity index (χ2n) is 3.44. The van der Waals surface area contributed by atoms with Gasteiger partial charge in [-0.25, -0.2) is 0 Å². The number of nitrogens with one attached hydrogen (secondary N) is 1. The topological polar surface area (TPSA) is 69.6 Å². The van der Waals surface area contributed by atoms with Crippen molar-refractivity contribution in [1.82, 2.24) is 5.32 Å². The highest BCUT2D eigenvalue weighted by Crippen LogP contribution is 2.19. The van der Waals surface area contributed by atoms with Crippen molar-refractivity contribution in [3.05, 3.63) is 0 Å². The molecule has 0 aliphatic heterocycles. The van der Waals surface area contributed by atoms with E-state index >= 15 is 0 Å². The zero-order chi connectivity index (χ0) is 9.78. The molecule has 0 aliphatic carbocycles. The monoisotopic (exact) mass is 175 g/mol. The molecule has 0 fully saturated rings. The Morgan fingerprint density at radius 2 is 2.08 bits per heavy atom. The van der Waals surface area contributed by atoms with Crippen molar-refractivity contribution in [3.63, 3.8) is 0 Å². The average Bonchev–Trinajstić information content (AvgIpc) is 2.03. The lowest BCUT2D eigenvalue weighted by atomic mass is 9.87. The fourth-order valence-electron chi connectivity index (χ4n) is 0.712. The standard InChI is InChI=1S/C8H17NO3/c1-4-9-7(12)6(11)8(2,3)5-10/h6,10-11H,4-5H2,1-3H3,(H,9,12). The van der Waals surface area contributed by atoms with Gasteiger partial charge in [-0.1, -0.05) is 13.8 Å². The summed E-state index contributed by atoms with van der Waals surface area (Å²) in [6, 6.07) is 0. The molecule has 4 heteroatoms. The molecule has 0 heterocycles. The lowest BCUT2D eigenvalue weighted by molar-refractivity contribution is -0.136. The van der Waals surface area contributed by atoms with E-state index in [0.29, 0.717) is 6.54 Å². The van der Waals surface area contributed by atoms with Crippen LogP contribution >= 0.6 is 0 Å². The molecular weight excluding hydrogens is 158 g/mol. The molecule has 72 valence electrons. The second kappa shape index (κ2) is 4.42. The van der Waals surface area contributed by atoms with Gasteiger partial charge in [0, 0.05) is 12.0 Å². The molecule has 0 aromatic heterocycles. The Bertz CT molecular complexity index is 156. The number of hydrogen-bond acceptors (Lipinski definition) is 3. The Morgan fingerprint density at radius 3 is 2.42 bits per heavy atom. The van der Waals surface area contributed by atoms with Gasteiger partial charge in [0.05, 0.1) is 6.61 Å². The molecule has 0 saturated heterocycles. The molecule has 0 rings (SSSR count). The van der Waals surface area contributed by atoms with Crippen molar-refractivity contribution < 1.29 is 15.0 Å². The number of likely N-dealkylation sites (N-methyl/N-ethyl adjacent to an activating group) is 1. The molecule has 12 heavy (non-hydrogen) atoms. The number of aliphatic hydroxyl groups is 2. The van der Waals surface area contributed by atoms with E-state index < -0.39 is 17.4 Å². The van der Waals surface area contributed by atoms with Crippen LogP contribution in [-0.4, -0.2) is 35.4 Å². The maximum atomic E-state index is 11.1. The van der Waals surface area contributed by atoms with Gasteiger partial charge >= 0.3 is 0 Å². The van der Waals surface area contributed by atoms with Crippen LogP contribution in [0.2, 0.25) is 0 Å². The van der Waals surface area contributed by atoms with Crippen molar-refractivity contribution in [2.24, 2.45) is 5.41 Å². The first-order chi connectivity index (χ1) is 5.45.